The Morgan fingerprint density at radius 2 is 2.20 bits per heavy atom. The third-order valence-corrected chi connectivity index (χ3v) is 4.03. The highest BCUT2D eigenvalue weighted by molar-refractivity contribution is 9.10. The van der Waals surface area contributed by atoms with Gasteiger partial charge < -0.3 is 15.3 Å². The summed E-state index contributed by atoms with van der Waals surface area (Å²) in [5, 5.41) is 11.7. The van der Waals surface area contributed by atoms with E-state index in [0.29, 0.717) is 23.1 Å². The van der Waals surface area contributed by atoms with Crippen LogP contribution in [0.4, 0.5) is 14.9 Å². The average Bonchev–Trinajstić information content (AvgIpc) is 2.76. The zero-order valence-corrected chi connectivity index (χ0v) is 12.4. The second kappa shape index (κ2) is 5.78. The van der Waals surface area contributed by atoms with Crippen LogP contribution in [0, 0.1) is 11.7 Å². The predicted molar refractivity (Wildman–Crippen MR) is 75.0 cm³/mol. The van der Waals surface area contributed by atoms with Gasteiger partial charge in [0.15, 0.2) is 0 Å². The highest BCUT2D eigenvalue weighted by Gasteiger charge is 2.39. The largest absolute Gasteiger partial charge is 0.480 e. The molecule has 1 fully saturated rings. The number of rotatable bonds is 2. The lowest BCUT2D eigenvalue weighted by Gasteiger charge is -2.23. The van der Waals surface area contributed by atoms with E-state index in [0.717, 1.165) is 0 Å². The molecule has 1 heterocycles. The summed E-state index contributed by atoms with van der Waals surface area (Å²) in [5.41, 5.74) is 0.291. The lowest BCUT2D eigenvalue weighted by Crippen LogP contribution is -2.44. The molecule has 1 aromatic carbocycles. The topological polar surface area (TPSA) is 69.6 Å². The van der Waals surface area contributed by atoms with Crippen molar-refractivity contribution < 1.29 is 19.1 Å². The number of nitrogens with zero attached hydrogens (tertiary/aromatic N) is 1. The fourth-order valence-corrected chi connectivity index (χ4v) is 2.57. The first-order chi connectivity index (χ1) is 9.40. The summed E-state index contributed by atoms with van der Waals surface area (Å²) in [4.78, 5) is 24.5. The number of carbonyl (C=O) groups is 2. The van der Waals surface area contributed by atoms with E-state index in [-0.39, 0.29) is 5.92 Å². The molecule has 2 amide bonds. The van der Waals surface area contributed by atoms with Crippen molar-refractivity contribution in [2.75, 3.05) is 11.9 Å². The van der Waals surface area contributed by atoms with E-state index in [1.165, 1.54) is 17.0 Å². The number of aliphatic carboxylic acids is 1. The molecule has 0 saturated carbocycles. The van der Waals surface area contributed by atoms with Crippen LogP contribution in [0.5, 0.6) is 0 Å². The van der Waals surface area contributed by atoms with Crippen LogP contribution in [0.1, 0.15) is 13.3 Å². The Balaban J connectivity index is 2.11. The summed E-state index contributed by atoms with van der Waals surface area (Å²) in [7, 11) is 0. The molecule has 2 N–H and O–H groups in total. The molecular weight excluding hydrogens is 331 g/mol. The first-order valence-corrected chi connectivity index (χ1v) is 6.95. The minimum Gasteiger partial charge on any atom is -0.480 e. The second-order valence-corrected chi connectivity index (χ2v) is 5.66. The summed E-state index contributed by atoms with van der Waals surface area (Å²) < 4.78 is 13.7. The normalized spacial score (nSPS) is 21.9. The number of halogens is 2. The molecule has 20 heavy (non-hydrogen) atoms. The molecule has 1 aliphatic rings. The molecule has 0 aliphatic carbocycles. The molecule has 1 aromatic rings. The van der Waals surface area contributed by atoms with E-state index < -0.39 is 23.9 Å². The summed E-state index contributed by atoms with van der Waals surface area (Å²) in [6.45, 7) is 2.17. The number of likely N-dealkylation sites (tertiary alicyclic amines) is 1. The van der Waals surface area contributed by atoms with Crippen molar-refractivity contribution >= 4 is 33.6 Å². The zero-order valence-electron chi connectivity index (χ0n) is 10.8. The second-order valence-electron chi connectivity index (χ2n) is 4.80. The summed E-state index contributed by atoms with van der Waals surface area (Å²) in [6.07, 6.45) is 0.638. The monoisotopic (exact) mass is 344 g/mol. The molecule has 2 unspecified atom stereocenters. The molecule has 2 atom stereocenters. The molecule has 108 valence electrons. The molecule has 0 spiro atoms. The molecule has 0 bridgehead atoms. The van der Waals surface area contributed by atoms with Crippen LogP contribution < -0.4 is 5.32 Å². The Kier molecular flexibility index (Phi) is 4.27. The summed E-state index contributed by atoms with van der Waals surface area (Å²) >= 11 is 3.02. The standard InChI is InChI=1S/C13H14BrFN2O3/c1-7-4-5-17(11(7)12(18)19)13(20)16-8-2-3-9(14)10(15)6-8/h2-3,6-7,11H,4-5H2,1H3,(H,16,20)(H,18,19). The molecule has 7 heteroatoms. The maximum Gasteiger partial charge on any atom is 0.326 e. The number of amides is 2. The third kappa shape index (κ3) is 2.92. The number of urea groups is 1. The van der Waals surface area contributed by atoms with E-state index in [1.807, 2.05) is 0 Å². The Bertz CT molecular complexity index is 552. The quantitative estimate of drug-likeness (QED) is 0.866. The Morgan fingerprint density at radius 1 is 1.50 bits per heavy atom. The lowest BCUT2D eigenvalue weighted by atomic mass is 10.0. The summed E-state index contributed by atoms with van der Waals surface area (Å²) in [6, 6.07) is 2.84. The van der Waals surface area contributed by atoms with Gasteiger partial charge in [0.05, 0.1) is 4.47 Å². The van der Waals surface area contributed by atoms with Crippen LogP contribution in [0.3, 0.4) is 0 Å². The number of carboxylic acid groups (broad SMARTS) is 1. The van der Waals surface area contributed by atoms with E-state index >= 15 is 0 Å². The van der Waals surface area contributed by atoms with Crippen molar-refractivity contribution in [3.05, 3.63) is 28.5 Å². The van der Waals surface area contributed by atoms with Crippen molar-refractivity contribution in [2.24, 2.45) is 5.92 Å². The number of benzene rings is 1. The van der Waals surface area contributed by atoms with Gasteiger partial charge in [0, 0.05) is 12.2 Å². The van der Waals surface area contributed by atoms with E-state index in [2.05, 4.69) is 21.2 Å². The van der Waals surface area contributed by atoms with Crippen molar-refractivity contribution in [3.63, 3.8) is 0 Å². The van der Waals surface area contributed by atoms with Gasteiger partial charge in [0.2, 0.25) is 0 Å². The van der Waals surface area contributed by atoms with Crippen molar-refractivity contribution in [1.82, 2.24) is 4.90 Å². The van der Waals surface area contributed by atoms with Gasteiger partial charge in [-0.2, -0.15) is 0 Å². The zero-order chi connectivity index (χ0) is 14.9. The van der Waals surface area contributed by atoms with Gasteiger partial charge in [-0.05, 0) is 46.5 Å². The molecule has 1 aliphatic heterocycles. The molecule has 5 nitrogen and oxygen atoms in total. The van der Waals surface area contributed by atoms with Gasteiger partial charge in [-0.15, -0.1) is 0 Å². The lowest BCUT2D eigenvalue weighted by molar-refractivity contribution is -0.142. The van der Waals surface area contributed by atoms with Gasteiger partial charge in [0.25, 0.3) is 0 Å². The summed E-state index contributed by atoms with van der Waals surface area (Å²) in [5.74, 6) is -1.61. The van der Waals surface area contributed by atoms with Gasteiger partial charge >= 0.3 is 12.0 Å². The Morgan fingerprint density at radius 3 is 2.80 bits per heavy atom. The molecule has 0 aromatic heterocycles. The maximum absolute atomic E-state index is 13.4. The Hall–Kier alpha value is -1.63. The highest BCUT2D eigenvalue weighted by atomic mass is 79.9. The minimum absolute atomic E-state index is 0.0973. The van der Waals surface area contributed by atoms with Gasteiger partial charge in [-0.1, -0.05) is 6.92 Å². The highest BCUT2D eigenvalue weighted by Crippen LogP contribution is 2.25. The van der Waals surface area contributed by atoms with Crippen LogP contribution in [-0.2, 0) is 4.79 Å². The molecule has 0 radical (unpaired) electrons. The third-order valence-electron chi connectivity index (χ3n) is 3.38. The van der Waals surface area contributed by atoms with E-state index in [9.17, 15) is 14.0 Å². The first kappa shape index (κ1) is 14.8. The van der Waals surface area contributed by atoms with Crippen molar-refractivity contribution in [2.45, 2.75) is 19.4 Å². The number of anilines is 1. The maximum atomic E-state index is 13.4. The van der Waals surface area contributed by atoms with Gasteiger partial charge in [-0.25, -0.2) is 14.0 Å². The van der Waals surface area contributed by atoms with Crippen LogP contribution in [0.2, 0.25) is 0 Å². The molecule has 1 saturated heterocycles. The smallest absolute Gasteiger partial charge is 0.326 e. The Labute approximate surface area is 123 Å². The molecular formula is C13H14BrFN2O3. The van der Waals surface area contributed by atoms with Crippen molar-refractivity contribution in [1.29, 1.82) is 0 Å². The van der Waals surface area contributed by atoms with E-state index in [4.69, 9.17) is 5.11 Å². The number of carboxylic acids is 1. The first-order valence-electron chi connectivity index (χ1n) is 6.15. The number of nitrogens with one attached hydrogen (secondary N) is 1. The number of hydrogen-bond acceptors (Lipinski definition) is 2. The molecule has 2 rings (SSSR count). The van der Waals surface area contributed by atoms with Gasteiger partial charge in [0.1, 0.15) is 11.9 Å². The van der Waals surface area contributed by atoms with Crippen molar-refractivity contribution in [3.8, 4) is 0 Å². The minimum atomic E-state index is -1.02. The number of hydrogen-bond donors (Lipinski definition) is 2. The fraction of sp³-hybridized carbons (Fsp3) is 0.385. The van der Waals surface area contributed by atoms with Crippen LogP contribution >= 0.6 is 15.9 Å². The number of carbonyl (C=O) groups excluding carboxylic acids is 1. The van der Waals surface area contributed by atoms with Gasteiger partial charge in [-0.3, -0.25) is 0 Å². The van der Waals surface area contributed by atoms with Crippen LogP contribution in [0.25, 0.3) is 0 Å². The van der Waals surface area contributed by atoms with Crippen LogP contribution in [-0.4, -0.2) is 34.6 Å². The van der Waals surface area contributed by atoms with Crippen LogP contribution in [0.15, 0.2) is 22.7 Å². The SMILES string of the molecule is CC1CCN(C(=O)Nc2ccc(Br)c(F)c2)C1C(=O)O. The van der Waals surface area contributed by atoms with E-state index in [1.54, 1.807) is 13.0 Å². The fourth-order valence-electron chi connectivity index (χ4n) is 2.32. The average molecular weight is 345 g/mol. The predicted octanol–water partition coefficient (Wildman–Crippen LogP) is 2.92.